The number of furan rings is 1. The van der Waals surface area contributed by atoms with Crippen LogP contribution in [0.5, 0.6) is 5.75 Å². The van der Waals surface area contributed by atoms with Gasteiger partial charge in [-0.05, 0) is 81.0 Å². The molecular formula is C40H25N3O2. The topological polar surface area (TPSA) is 50.5 Å². The fraction of sp³-hybridized carbons (Fsp3) is 0.0250. The van der Waals surface area contributed by atoms with Crippen LogP contribution in [0.3, 0.4) is 0 Å². The molecule has 2 aliphatic heterocycles. The molecular weight excluding hydrogens is 554 g/mol. The molecule has 0 spiro atoms. The first-order valence-corrected chi connectivity index (χ1v) is 15.1. The van der Waals surface area contributed by atoms with E-state index in [1.165, 1.54) is 32.3 Å². The predicted molar refractivity (Wildman–Crippen MR) is 182 cm³/mol. The molecule has 4 heterocycles. The SMILES string of the molecule is C1=CC(N(c2ccc3c(ccc4ccc5ccccc5c43)c2)c2cccc3oc4cnccc4c23)=C2Oc3ccccc3C2N1. The molecule has 2 aliphatic rings. The summed E-state index contributed by atoms with van der Waals surface area (Å²) in [6.07, 6.45) is 7.75. The normalized spacial score (nSPS) is 15.5. The molecule has 212 valence electrons. The van der Waals surface area contributed by atoms with Gasteiger partial charge in [-0.3, -0.25) is 4.98 Å². The third-order valence-corrected chi connectivity index (χ3v) is 9.19. The summed E-state index contributed by atoms with van der Waals surface area (Å²) >= 11 is 0. The van der Waals surface area contributed by atoms with Crippen molar-refractivity contribution in [2.24, 2.45) is 0 Å². The molecule has 0 aliphatic carbocycles. The summed E-state index contributed by atoms with van der Waals surface area (Å²) < 4.78 is 12.9. The zero-order valence-electron chi connectivity index (χ0n) is 24.1. The number of rotatable bonds is 3. The van der Waals surface area contributed by atoms with Crippen LogP contribution in [0.2, 0.25) is 0 Å². The zero-order chi connectivity index (χ0) is 29.5. The average molecular weight is 580 g/mol. The number of benzene rings is 6. The summed E-state index contributed by atoms with van der Waals surface area (Å²) in [5.41, 5.74) is 5.72. The van der Waals surface area contributed by atoms with Crippen LogP contribution in [-0.4, -0.2) is 4.98 Å². The molecule has 1 atom stereocenters. The Labute approximate surface area is 258 Å². The Kier molecular flexibility index (Phi) is 4.99. The van der Waals surface area contributed by atoms with Gasteiger partial charge in [-0.1, -0.05) is 78.9 Å². The monoisotopic (exact) mass is 579 g/mol. The number of ether oxygens (including phenoxy) is 1. The molecule has 0 radical (unpaired) electrons. The predicted octanol–water partition coefficient (Wildman–Crippen LogP) is 10.0. The Morgan fingerprint density at radius 3 is 2.49 bits per heavy atom. The lowest BCUT2D eigenvalue weighted by Gasteiger charge is -2.31. The zero-order valence-corrected chi connectivity index (χ0v) is 24.1. The smallest absolute Gasteiger partial charge is 0.155 e. The van der Waals surface area contributed by atoms with E-state index >= 15 is 0 Å². The molecule has 5 nitrogen and oxygen atoms in total. The molecule has 0 bridgehead atoms. The van der Waals surface area contributed by atoms with Crippen molar-refractivity contribution >= 4 is 65.6 Å². The third-order valence-electron chi connectivity index (χ3n) is 9.19. The van der Waals surface area contributed by atoms with Gasteiger partial charge in [0.2, 0.25) is 0 Å². The fourth-order valence-corrected chi connectivity index (χ4v) is 7.20. The summed E-state index contributed by atoms with van der Waals surface area (Å²) in [5.74, 6) is 1.75. The Morgan fingerprint density at radius 1 is 0.667 bits per heavy atom. The molecule has 0 saturated carbocycles. The van der Waals surface area contributed by atoms with E-state index in [-0.39, 0.29) is 6.04 Å². The highest BCUT2D eigenvalue weighted by Crippen LogP contribution is 2.47. The van der Waals surface area contributed by atoms with Crippen LogP contribution in [0.25, 0.3) is 54.3 Å². The third kappa shape index (κ3) is 3.52. The minimum atomic E-state index is -0.0797. The average Bonchev–Trinajstić information content (AvgIpc) is 3.67. The largest absolute Gasteiger partial charge is 0.457 e. The molecule has 45 heavy (non-hydrogen) atoms. The van der Waals surface area contributed by atoms with Crippen molar-refractivity contribution in [2.75, 3.05) is 4.90 Å². The number of para-hydroxylation sites is 1. The standard InChI is InChI=1S/C40H25N3O2/c1-2-7-28-24(6-1)12-13-25-14-15-26-22-27(16-17-29(26)37(25)28)43(32-9-5-11-35-38(32)30-18-20-41-23-36(30)44-35)33-19-21-42-39-31-8-3-4-10-34(31)45-40(33)39/h1-23,39,42H. The first-order chi connectivity index (χ1) is 22.3. The number of dihydropyridines is 1. The van der Waals surface area contributed by atoms with Gasteiger partial charge in [0, 0.05) is 22.8 Å². The van der Waals surface area contributed by atoms with Crippen LogP contribution in [-0.2, 0) is 0 Å². The van der Waals surface area contributed by atoms with Gasteiger partial charge in [0.05, 0.1) is 23.0 Å². The highest BCUT2D eigenvalue weighted by Gasteiger charge is 2.35. The van der Waals surface area contributed by atoms with E-state index in [0.29, 0.717) is 0 Å². The van der Waals surface area contributed by atoms with Gasteiger partial charge in [-0.2, -0.15) is 0 Å². The Hall–Kier alpha value is -6.07. The van der Waals surface area contributed by atoms with Crippen LogP contribution in [0.4, 0.5) is 11.4 Å². The van der Waals surface area contributed by atoms with Gasteiger partial charge in [0.25, 0.3) is 0 Å². The number of fused-ring (bicyclic) bond motifs is 11. The number of pyridine rings is 1. The molecule has 10 rings (SSSR count). The molecule has 5 heteroatoms. The van der Waals surface area contributed by atoms with Gasteiger partial charge in [-0.15, -0.1) is 0 Å². The summed E-state index contributed by atoms with van der Waals surface area (Å²) in [6, 6.07) is 40.7. The molecule has 6 aromatic carbocycles. The molecule has 0 fully saturated rings. The molecule has 1 N–H and O–H groups in total. The Balaban J connectivity index is 1.26. The summed E-state index contributed by atoms with van der Waals surface area (Å²) in [6.45, 7) is 0. The number of hydrogen-bond donors (Lipinski definition) is 1. The summed E-state index contributed by atoms with van der Waals surface area (Å²) in [4.78, 5) is 6.64. The van der Waals surface area contributed by atoms with Crippen molar-refractivity contribution in [3.05, 3.63) is 157 Å². The number of aromatic nitrogens is 1. The van der Waals surface area contributed by atoms with E-state index in [0.717, 1.165) is 56.1 Å². The van der Waals surface area contributed by atoms with E-state index in [4.69, 9.17) is 9.15 Å². The van der Waals surface area contributed by atoms with Crippen LogP contribution in [0.1, 0.15) is 11.6 Å². The van der Waals surface area contributed by atoms with Crippen molar-refractivity contribution in [1.82, 2.24) is 10.3 Å². The number of nitrogens with zero attached hydrogens (tertiary/aromatic N) is 2. The Morgan fingerprint density at radius 2 is 1.51 bits per heavy atom. The van der Waals surface area contributed by atoms with Crippen molar-refractivity contribution in [2.45, 2.75) is 6.04 Å². The maximum atomic E-state index is 6.61. The van der Waals surface area contributed by atoms with Crippen molar-refractivity contribution in [3.63, 3.8) is 0 Å². The second-order valence-corrected chi connectivity index (χ2v) is 11.6. The second kappa shape index (κ2) is 9.21. The lowest BCUT2D eigenvalue weighted by Crippen LogP contribution is -2.27. The minimum absolute atomic E-state index is 0.0797. The van der Waals surface area contributed by atoms with Crippen LogP contribution in [0, 0.1) is 0 Å². The van der Waals surface area contributed by atoms with E-state index < -0.39 is 0 Å². The maximum absolute atomic E-state index is 6.61. The van der Waals surface area contributed by atoms with Gasteiger partial charge in [0.1, 0.15) is 17.4 Å². The van der Waals surface area contributed by atoms with Crippen molar-refractivity contribution < 1.29 is 9.15 Å². The molecule has 0 saturated heterocycles. The van der Waals surface area contributed by atoms with Crippen LogP contribution < -0.4 is 15.0 Å². The maximum Gasteiger partial charge on any atom is 0.155 e. The first kappa shape index (κ1) is 24.4. The van der Waals surface area contributed by atoms with Gasteiger partial charge in [-0.25, -0.2) is 0 Å². The van der Waals surface area contributed by atoms with Gasteiger partial charge >= 0.3 is 0 Å². The van der Waals surface area contributed by atoms with Gasteiger partial charge < -0.3 is 19.4 Å². The molecule has 2 aromatic heterocycles. The van der Waals surface area contributed by atoms with Crippen molar-refractivity contribution in [3.8, 4) is 5.75 Å². The lowest BCUT2D eigenvalue weighted by atomic mass is 9.96. The van der Waals surface area contributed by atoms with Crippen LogP contribution in [0.15, 0.2) is 156 Å². The van der Waals surface area contributed by atoms with Crippen molar-refractivity contribution in [1.29, 1.82) is 0 Å². The summed E-state index contributed by atoms with van der Waals surface area (Å²) in [7, 11) is 0. The highest BCUT2D eigenvalue weighted by molar-refractivity contribution is 6.20. The molecule has 8 aromatic rings. The lowest BCUT2D eigenvalue weighted by molar-refractivity contribution is 0.408. The highest BCUT2D eigenvalue weighted by atomic mass is 16.5. The summed E-state index contributed by atoms with van der Waals surface area (Å²) in [5, 5.41) is 13.0. The number of nitrogens with one attached hydrogen (secondary N) is 1. The molecule has 0 amide bonds. The van der Waals surface area contributed by atoms with E-state index in [2.05, 4.69) is 112 Å². The minimum Gasteiger partial charge on any atom is -0.457 e. The van der Waals surface area contributed by atoms with Gasteiger partial charge in [0.15, 0.2) is 11.3 Å². The van der Waals surface area contributed by atoms with E-state index in [1.807, 2.05) is 36.7 Å². The number of hydrogen-bond acceptors (Lipinski definition) is 5. The van der Waals surface area contributed by atoms with E-state index in [1.54, 1.807) is 6.20 Å². The van der Waals surface area contributed by atoms with E-state index in [9.17, 15) is 0 Å². The molecule has 1 unspecified atom stereocenters. The first-order valence-electron chi connectivity index (χ1n) is 15.1. The van der Waals surface area contributed by atoms with Crippen LogP contribution >= 0.6 is 0 Å². The Bertz CT molecular complexity index is 2580. The fourth-order valence-electron chi connectivity index (χ4n) is 7.20. The number of allylic oxidation sites excluding steroid dienone is 1. The number of anilines is 2. The quantitative estimate of drug-likeness (QED) is 0.211. The second-order valence-electron chi connectivity index (χ2n) is 11.6.